The first-order valence-corrected chi connectivity index (χ1v) is 12.5. The highest BCUT2D eigenvalue weighted by Crippen LogP contribution is 2.55. The van der Waals surface area contributed by atoms with Gasteiger partial charge in [-0.15, -0.1) is 0 Å². The molecule has 0 aromatic heterocycles. The van der Waals surface area contributed by atoms with Gasteiger partial charge in [-0.25, -0.2) is 10.2 Å². The number of carbonyl (C=O) groups excluding carboxylic acids is 1. The standard InChI is InChI=1S/C26H39N3O2/c1-2-3-4-5-6-7-12-31-24-10-8-20(9-11-24)19-27-29-25(30)28-26-16-21-13-22(17-26)15-23(14-21)18-26/h8-11,19,21-23H,2-7,12-18H2,1H3,(H2,28,29,30)/b27-19+. The van der Waals surface area contributed by atoms with Crippen molar-refractivity contribution in [3.63, 3.8) is 0 Å². The molecule has 0 heterocycles. The largest absolute Gasteiger partial charge is 0.494 e. The molecular weight excluding hydrogens is 386 g/mol. The number of hydrogen-bond acceptors (Lipinski definition) is 3. The van der Waals surface area contributed by atoms with Gasteiger partial charge in [0.25, 0.3) is 0 Å². The van der Waals surface area contributed by atoms with E-state index in [-0.39, 0.29) is 11.6 Å². The predicted molar refractivity (Wildman–Crippen MR) is 125 cm³/mol. The number of nitrogens with zero attached hydrogens (tertiary/aromatic N) is 1. The van der Waals surface area contributed by atoms with Crippen LogP contribution in [0.1, 0.15) is 89.5 Å². The van der Waals surface area contributed by atoms with Crippen molar-refractivity contribution in [3.05, 3.63) is 29.8 Å². The van der Waals surface area contributed by atoms with Gasteiger partial charge in [0.05, 0.1) is 12.8 Å². The molecule has 4 bridgehead atoms. The minimum Gasteiger partial charge on any atom is -0.494 e. The topological polar surface area (TPSA) is 62.7 Å². The minimum atomic E-state index is -0.169. The number of hydrazone groups is 1. The predicted octanol–water partition coefficient (Wildman–Crippen LogP) is 6.03. The fourth-order valence-corrected chi connectivity index (χ4v) is 6.42. The number of hydrogen-bond donors (Lipinski definition) is 2. The van der Waals surface area contributed by atoms with Crippen molar-refractivity contribution in [1.29, 1.82) is 0 Å². The number of carbonyl (C=O) groups is 1. The van der Waals surface area contributed by atoms with Gasteiger partial charge in [-0.2, -0.15) is 5.10 Å². The average molecular weight is 426 g/mol. The van der Waals surface area contributed by atoms with Crippen LogP contribution in [0, 0.1) is 17.8 Å². The van der Waals surface area contributed by atoms with Gasteiger partial charge in [0.2, 0.25) is 0 Å². The van der Waals surface area contributed by atoms with E-state index in [0.717, 1.165) is 61.4 Å². The smallest absolute Gasteiger partial charge is 0.335 e. The van der Waals surface area contributed by atoms with Crippen LogP contribution in [0.15, 0.2) is 29.4 Å². The van der Waals surface area contributed by atoms with E-state index in [1.807, 2.05) is 24.3 Å². The first kappa shape index (κ1) is 22.2. The molecule has 5 heteroatoms. The second-order valence-corrected chi connectivity index (χ2v) is 10.2. The highest BCUT2D eigenvalue weighted by atomic mass is 16.5. The second kappa shape index (κ2) is 10.5. The molecule has 5 nitrogen and oxygen atoms in total. The second-order valence-electron chi connectivity index (χ2n) is 10.2. The van der Waals surface area contributed by atoms with E-state index in [9.17, 15) is 4.79 Å². The average Bonchev–Trinajstić information content (AvgIpc) is 2.73. The maximum Gasteiger partial charge on any atom is 0.335 e. The molecule has 5 rings (SSSR count). The molecule has 4 fully saturated rings. The molecule has 0 unspecified atom stereocenters. The third-order valence-electron chi connectivity index (χ3n) is 7.44. The van der Waals surface area contributed by atoms with Gasteiger partial charge in [0, 0.05) is 5.54 Å². The number of rotatable bonds is 11. The van der Waals surface area contributed by atoms with E-state index in [0.29, 0.717) is 0 Å². The van der Waals surface area contributed by atoms with E-state index < -0.39 is 0 Å². The quantitative estimate of drug-likeness (QED) is 0.258. The third kappa shape index (κ3) is 6.24. The lowest BCUT2D eigenvalue weighted by Gasteiger charge is -2.56. The lowest BCUT2D eigenvalue weighted by atomic mass is 9.53. The van der Waals surface area contributed by atoms with Crippen molar-refractivity contribution in [3.8, 4) is 5.75 Å². The van der Waals surface area contributed by atoms with Crippen molar-refractivity contribution >= 4 is 12.2 Å². The van der Waals surface area contributed by atoms with Gasteiger partial charge < -0.3 is 10.1 Å². The Morgan fingerprint density at radius 3 is 2.26 bits per heavy atom. The molecule has 4 saturated carbocycles. The van der Waals surface area contributed by atoms with Crippen LogP contribution >= 0.6 is 0 Å². The number of benzene rings is 1. The maximum absolute atomic E-state index is 12.4. The summed E-state index contributed by atoms with van der Waals surface area (Å²) in [4.78, 5) is 12.4. The van der Waals surface area contributed by atoms with Crippen LogP contribution in [0.2, 0.25) is 0 Å². The van der Waals surface area contributed by atoms with E-state index in [1.54, 1.807) is 6.21 Å². The number of nitrogens with one attached hydrogen (secondary N) is 2. The van der Waals surface area contributed by atoms with Crippen molar-refractivity contribution in [2.24, 2.45) is 22.9 Å². The highest BCUT2D eigenvalue weighted by molar-refractivity contribution is 5.82. The number of unbranched alkanes of at least 4 members (excludes halogenated alkanes) is 5. The minimum absolute atomic E-state index is 0.0172. The van der Waals surface area contributed by atoms with Gasteiger partial charge in [0.15, 0.2) is 0 Å². The molecule has 0 spiro atoms. The molecule has 1 aromatic rings. The molecule has 0 atom stereocenters. The Labute approximate surface area is 187 Å². The summed E-state index contributed by atoms with van der Waals surface area (Å²) in [6.07, 6.45) is 16.9. The normalized spacial score (nSPS) is 28.7. The van der Waals surface area contributed by atoms with Gasteiger partial charge in [0.1, 0.15) is 5.75 Å². The molecule has 1 aromatic carbocycles. The van der Waals surface area contributed by atoms with Crippen LogP contribution in [-0.2, 0) is 0 Å². The summed E-state index contributed by atoms with van der Waals surface area (Å²) in [6, 6.07) is 7.71. The number of urea groups is 1. The summed E-state index contributed by atoms with van der Waals surface area (Å²) in [6.45, 7) is 3.01. The monoisotopic (exact) mass is 425 g/mol. The lowest BCUT2D eigenvalue weighted by molar-refractivity contribution is -0.0135. The molecular formula is C26H39N3O2. The number of amides is 2. The van der Waals surface area contributed by atoms with E-state index >= 15 is 0 Å². The van der Waals surface area contributed by atoms with E-state index in [2.05, 4.69) is 22.8 Å². The molecule has 0 aliphatic heterocycles. The Balaban J connectivity index is 1.15. The summed E-state index contributed by atoms with van der Waals surface area (Å²) in [5.41, 5.74) is 3.64. The summed E-state index contributed by atoms with van der Waals surface area (Å²) in [7, 11) is 0. The van der Waals surface area contributed by atoms with Crippen LogP contribution in [0.25, 0.3) is 0 Å². The molecule has 0 saturated heterocycles. The Hall–Kier alpha value is -2.04. The van der Waals surface area contributed by atoms with Crippen molar-refractivity contribution < 1.29 is 9.53 Å². The molecule has 4 aliphatic rings. The van der Waals surface area contributed by atoms with Gasteiger partial charge in [-0.3, -0.25) is 0 Å². The fourth-order valence-electron chi connectivity index (χ4n) is 6.42. The molecule has 0 radical (unpaired) electrons. The first-order chi connectivity index (χ1) is 15.1. The fraction of sp³-hybridized carbons (Fsp3) is 0.692. The van der Waals surface area contributed by atoms with Crippen molar-refractivity contribution in [2.75, 3.05) is 6.61 Å². The highest BCUT2D eigenvalue weighted by Gasteiger charge is 2.51. The van der Waals surface area contributed by atoms with Crippen LogP contribution in [-0.4, -0.2) is 24.4 Å². The summed E-state index contributed by atoms with van der Waals surface area (Å²) in [5.74, 6) is 3.34. The van der Waals surface area contributed by atoms with Crippen LogP contribution in [0.3, 0.4) is 0 Å². The molecule has 2 N–H and O–H groups in total. The van der Waals surface area contributed by atoms with Gasteiger partial charge in [-0.1, -0.05) is 39.0 Å². The van der Waals surface area contributed by atoms with Crippen molar-refractivity contribution in [2.45, 2.75) is 89.5 Å². The zero-order valence-corrected chi connectivity index (χ0v) is 19.1. The maximum atomic E-state index is 12.4. The Kier molecular flexibility index (Phi) is 7.52. The molecule has 2 amide bonds. The zero-order chi connectivity index (χ0) is 21.5. The SMILES string of the molecule is CCCCCCCCOc1ccc(/C=N/NC(=O)NC23CC4CC(CC(C4)C2)C3)cc1. The zero-order valence-electron chi connectivity index (χ0n) is 19.1. The molecule has 170 valence electrons. The Bertz CT molecular complexity index is 708. The first-order valence-electron chi connectivity index (χ1n) is 12.5. The summed E-state index contributed by atoms with van der Waals surface area (Å²) >= 11 is 0. The molecule has 31 heavy (non-hydrogen) atoms. The van der Waals surface area contributed by atoms with E-state index in [4.69, 9.17) is 4.74 Å². The van der Waals surface area contributed by atoms with Crippen LogP contribution in [0.4, 0.5) is 4.79 Å². The Morgan fingerprint density at radius 1 is 1.00 bits per heavy atom. The van der Waals surface area contributed by atoms with Crippen molar-refractivity contribution in [1.82, 2.24) is 10.7 Å². The van der Waals surface area contributed by atoms with Gasteiger partial charge in [-0.05, 0) is 92.5 Å². The summed E-state index contributed by atoms with van der Waals surface area (Å²) in [5, 5.41) is 7.43. The van der Waals surface area contributed by atoms with Crippen LogP contribution in [0.5, 0.6) is 5.75 Å². The number of ether oxygens (including phenoxy) is 1. The Morgan fingerprint density at radius 2 is 1.61 bits per heavy atom. The van der Waals surface area contributed by atoms with Crippen LogP contribution < -0.4 is 15.5 Å². The van der Waals surface area contributed by atoms with Gasteiger partial charge >= 0.3 is 6.03 Å². The third-order valence-corrected chi connectivity index (χ3v) is 7.44. The molecule has 4 aliphatic carbocycles. The summed E-state index contributed by atoms with van der Waals surface area (Å²) < 4.78 is 5.82. The lowest BCUT2D eigenvalue weighted by Crippen LogP contribution is -2.61. The van der Waals surface area contributed by atoms with E-state index in [1.165, 1.54) is 51.4 Å².